The van der Waals surface area contributed by atoms with E-state index in [2.05, 4.69) is 11.1 Å². The van der Waals surface area contributed by atoms with E-state index in [9.17, 15) is 4.79 Å². The van der Waals surface area contributed by atoms with E-state index in [1.165, 1.54) is 0 Å². The van der Waals surface area contributed by atoms with Crippen LogP contribution in [0.5, 0.6) is 0 Å². The molecule has 6 nitrogen and oxygen atoms in total. The zero-order chi connectivity index (χ0) is 11.3. The Morgan fingerprint density at radius 1 is 1.47 bits per heavy atom. The van der Waals surface area contributed by atoms with Crippen LogP contribution < -0.4 is 5.73 Å². The molecule has 0 radical (unpaired) electrons. The molecule has 1 heterocycles. The molecule has 6 heteroatoms. The Bertz CT molecular complexity index is 255. The first-order valence-corrected chi connectivity index (χ1v) is 4.99. The second kappa shape index (κ2) is 5.53. The minimum atomic E-state index is -0.953. The Morgan fingerprint density at radius 2 is 2.07 bits per heavy atom. The number of nitrogens with zero attached hydrogens (tertiary/aromatic N) is 3. The molecule has 0 aliphatic carbocycles. The molecule has 0 amide bonds. The normalized spacial score (nSPS) is 19.6. The van der Waals surface area contributed by atoms with Crippen molar-refractivity contribution in [3.05, 3.63) is 0 Å². The Hall–Kier alpha value is -1.32. The molecule has 1 aliphatic heterocycles. The number of carbonyl (C=O) groups is 1. The molecule has 1 aliphatic rings. The molecule has 1 rings (SSSR count). The Kier molecular flexibility index (Phi) is 4.34. The van der Waals surface area contributed by atoms with Crippen LogP contribution in [-0.4, -0.2) is 59.6 Å². The molecule has 84 valence electrons. The van der Waals surface area contributed by atoms with Crippen LogP contribution >= 0.6 is 0 Å². The van der Waals surface area contributed by atoms with Crippen molar-refractivity contribution in [1.82, 2.24) is 9.80 Å². The maximum absolute atomic E-state index is 10.5. The van der Waals surface area contributed by atoms with E-state index < -0.39 is 12.0 Å². The molecule has 15 heavy (non-hydrogen) atoms. The number of carboxylic acids is 1. The topological polar surface area (TPSA) is 93.6 Å². The van der Waals surface area contributed by atoms with Crippen LogP contribution in [0.2, 0.25) is 0 Å². The van der Waals surface area contributed by atoms with Gasteiger partial charge >= 0.3 is 5.97 Å². The van der Waals surface area contributed by atoms with Gasteiger partial charge in [0.15, 0.2) is 6.19 Å². The van der Waals surface area contributed by atoms with Crippen molar-refractivity contribution >= 4 is 5.97 Å². The third kappa shape index (κ3) is 3.73. The van der Waals surface area contributed by atoms with E-state index in [1.54, 1.807) is 4.90 Å². The molecule has 1 unspecified atom stereocenters. The maximum Gasteiger partial charge on any atom is 0.320 e. The van der Waals surface area contributed by atoms with Gasteiger partial charge < -0.3 is 15.7 Å². The van der Waals surface area contributed by atoms with Gasteiger partial charge in [-0.05, 0) is 6.42 Å². The van der Waals surface area contributed by atoms with Crippen molar-refractivity contribution in [3.8, 4) is 6.19 Å². The first-order chi connectivity index (χ1) is 7.13. The molecule has 3 N–H and O–H groups in total. The molecular weight excluding hydrogens is 196 g/mol. The monoisotopic (exact) mass is 212 g/mol. The van der Waals surface area contributed by atoms with Gasteiger partial charge in [0.25, 0.3) is 0 Å². The number of rotatable bonds is 4. The van der Waals surface area contributed by atoms with E-state index in [0.29, 0.717) is 13.0 Å². The summed E-state index contributed by atoms with van der Waals surface area (Å²) in [5.41, 5.74) is 5.40. The summed E-state index contributed by atoms with van der Waals surface area (Å²) in [7, 11) is 0. The summed E-state index contributed by atoms with van der Waals surface area (Å²) in [6.45, 7) is 3.74. The number of nitriles is 1. The number of piperazine rings is 1. The Balaban J connectivity index is 2.19. The van der Waals surface area contributed by atoms with Crippen LogP contribution in [0.1, 0.15) is 6.42 Å². The molecule has 0 aromatic carbocycles. The predicted molar refractivity (Wildman–Crippen MR) is 53.9 cm³/mol. The number of hydrogen-bond acceptors (Lipinski definition) is 5. The maximum atomic E-state index is 10.5. The van der Waals surface area contributed by atoms with Crippen LogP contribution in [0.25, 0.3) is 0 Å². The average Bonchev–Trinajstić information content (AvgIpc) is 2.26. The van der Waals surface area contributed by atoms with Gasteiger partial charge in [-0.1, -0.05) is 0 Å². The van der Waals surface area contributed by atoms with Gasteiger partial charge in [-0.3, -0.25) is 9.69 Å². The molecule has 1 fully saturated rings. The summed E-state index contributed by atoms with van der Waals surface area (Å²) in [6, 6.07) is -0.779. The van der Waals surface area contributed by atoms with E-state index in [4.69, 9.17) is 16.1 Å². The van der Waals surface area contributed by atoms with Crippen molar-refractivity contribution in [2.24, 2.45) is 5.73 Å². The molecular formula is C9H16N4O2. The summed E-state index contributed by atoms with van der Waals surface area (Å²) >= 11 is 0. The minimum absolute atomic E-state index is 0.460. The highest BCUT2D eigenvalue weighted by Crippen LogP contribution is 2.02. The molecule has 0 aromatic rings. The van der Waals surface area contributed by atoms with Crippen molar-refractivity contribution in [2.75, 3.05) is 32.7 Å². The van der Waals surface area contributed by atoms with Crippen molar-refractivity contribution in [2.45, 2.75) is 12.5 Å². The van der Waals surface area contributed by atoms with Gasteiger partial charge in [0.1, 0.15) is 6.04 Å². The lowest BCUT2D eigenvalue weighted by Gasteiger charge is -2.31. The third-order valence-electron chi connectivity index (χ3n) is 2.59. The molecule has 0 saturated carbocycles. The predicted octanol–water partition coefficient (Wildman–Crippen LogP) is -1.11. The molecule has 1 saturated heterocycles. The highest BCUT2D eigenvalue weighted by atomic mass is 16.4. The van der Waals surface area contributed by atoms with Gasteiger partial charge in [0.05, 0.1) is 0 Å². The fraction of sp³-hybridized carbons (Fsp3) is 0.778. The average molecular weight is 212 g/mol. The van der Waals surface area contributed by atoms with Gasteiger partial charge in [0.2, 0.25) is 0 Å². The van der Waals surface area contributed by atoms with E-state index >= 15 is 0 Å². The number of aliphatic carboxylic acids is 1. The lowest BCUT2D eigenvalue weighted by molar-refractivity contribution is -0.138. The summed E-state index contributed by atoms with van der Waals surface area (Å²) in [6.07, 6.45) is 2.56. The van der Waals surface area contributed by atoms with Crippen molar-refractivity contribution < 1.29 is 9.90 Å². The van der Waals surface area contributed by atoms with Gasteiger partial charge in [0, 0.05) is 32.7 Å². The quantitative estimate of drug-likeness (QED) is 0.574. The Morgan fingerprint density at radius 3 is 2.53 bits per heavy atom. The van der Waals surface area contributed by atoms with Crippen LogP contribution in [0, 0.1) is 11.5 Å². The van der Waals surface area contributed by atoms with Gasteiger partial charge in [-0.15, -0.1) is 0 Å². The largest absolute Gasteiger partial charge is 0.480 e. The lowest BCUT2D eigenvalue weighted by atomic mass is 10.2. The highest BCUT2D eigenvalue weighted by Gasteiger charge is 2.18. The van der Waals surface area contributed by atoms with Crippen LogP contribution in [0.3, 0.4) is 0 Å². The van der Waals surface area contributed by atoms with Crippen LogP contribution in [0.4, 0.5) is 0 Å². The zero-order valence-corrected chi connectivity index (χ0v) is 8.59. The van der Waals surface area contributed by atoms with Gasteiger partial charge in [-0.2, -0.15) is 5.26 Å². The van der Waals surface area contributed by atoms with E-state index in [0.717, 1.165) is 26.2 Å². The summed E-state index contributed by atoms with van der Waals surface area (Å²) in [5.74, 6) is -0.953. The van der Waals surface area contributed by atoms with Crippen molar-refractivity contribution in [3.63, 3.8) is 0 Å². The second-order valence-corrected chi connectivity index (χ2v) is 3.66. The zero-order valence-electron chi connectivity index (χ0n) is 8.59. The summed E-state index contributed by atoms with van der Waals surface area (Å²) in [4.78, 5) is 14.3. The summed E-state index contributed by atoms with van der Waals surface area (Å²) in [5, 5.41) is 17.2. The fourth-order valence-corrected chi connectivity index (χ4v) is 1.52. The SMILES string of the molecule is N#CN1CCN(CCC(N)C(=O)O)CC1. The molecule has 0 aromatic heterocycles. The number of nitrogens with two attached hydrogens (primary N) is 1. The highest BCUT2D eigenvalue weighted by molar-refractivity contribution is 5.72. The second-order valence-electron chi connectivity index (χ2n) is 3.66. The smallest absolute Gasteiger partial charge is 0.320 e. The molecule has 1 atom stereocenters. The molecule has 0 bridgehead atoms. The number of hydrogen-bond donors (Lipinski definition) is 2. The number of carboxylic acid groups (broad SMARTS) is 1. The van der Waals surface area contributed by atoms with E-state index in [-0.39, 0.29) is 0 Å². The third-order valence-corrected chi connectivity index (χ3v) is 2.59. The lowest BCUT2D eigenvalue weighted by Crippen LogP contribution is -2.46. The van der Waals surface area contributed by atoms with Crippen LogP contribution in [-0.2, 0) is 4.79 Å². The Labute approximate surface area is 88.9 Å². The van der Waals surface area contributed by atoms with Crippen molar-refractivity contribution in [1.29, 1.82) is 5.26 Å². The summed E-state index contributed by atoms with van der Waals surface area (Å²) < 4.78 is 0. The first-order valence-electron chi connectivity index (χ1n) is 4.99. The van der Waals surface area contributed by atoms with Gasteiger partial charge in [-0.25, -0.2) is 0 Å². The van der Waals surface area contributed by atoms with Crippen LogP contribution in [0.15, 0.2) is 0 Å². The first kappa shape index (κ1) is 11.8. The molecule has 0 spiro atoms. The van der Waals surface area contributed by atoms with E-state index in [1.807, 2.05) is 0 Å². The fourth-order valence-electron chi connectivity index (χ4n) is 1.52. The standard InChI is InChI=1S/C9H16N4O2/c10-7-13-5-3-12(4-6-13)2-1-8(11)9(14)15/h8H,1-6,11H2,(H,14,15). The minimum Gasteiger partial charge on any atom is -0.480 e.